The van der Waals surface area contributed by atoms with Gasteiger partial charge in [0, 0.05) is 18.9 Å². The molecule has 1 heterocycles. The van der Waals surface area contributed by atoms with Crippen molar-refractivity contribution in [3.05, 3.63) is 30.1 Å². The van der Waals surface area contributed by atoms with E-state index >= 15 is 0 Å². The molecule has 0 bridgehead atoms. The van der Waals surface area contributed by atoms with E-state index in [0.29, 0.717) is 6.54 Å². The molecule has 1 amide bonds. The van der Waals surface area contributed by atoms with E-state index in [0.717, 1.165) is 12.0 Å². The number of nitrogens with one attached hydrogen (secondary N) is 2. The number of hydrogen-bond acceptors (Lipinski definition) is 3. The molecule has 0 aromatic carbocycles. The highest BCUT2D eigenvalue weighted by molar-refractivity contribution is 5.81. The molecule has 2 N–H and O–H groups in total. The lowest BCUT2D eigenvalue weighted by Gasteiger charge is -2.10. The Hall–Kier alpha value is -1.42. The van der Waals surface area contributed by atoms with Crippen molar-refractivity contribution in [2.45, 2.75) is 19.4 Å². The number of carbonyl (C=O) groups excluding carboxylic acids is 1. The third-order valence-corrected chi connectivity index (χ3v) is 2.26. The Labute approximate surface area is 90.1 Å². The van der Waals surface area contributed by atoms with Gasteiger partial charge >= 0.3 is 0 Å². The topological polar surface area (TPSA) is 54.0 Å². The normalized spacial score (nSPS) is 12.1. The number of aromatic nitrogens is 1. The minimum atomic E-state index is -0.140. The first-order valence-corrected chi connectivity index (χ1v) is 5.08. The largest absolute Gasteiger partial charge is 0.354 e. The molecular weight excluding hydrogens is 190 g/mol. The molecule has 0 spiro atoms. The van der Waals surface area contributed by atoms with Crippen LogP contribution in [0.1, 0.15) is 12.5 Å². The van der Waals surface area contributed by atoms with Gasteiger partial charge in [-0.3, -0.25) is 9.78 Å². The highest BCUT2D eigenvalue weighted by Gasteiger charge is 2.08. The van der Waals surface area contributed by atoms with Crippen LogP contribution in [0.2, 0.25) is 0 Å². The predicted octanol–water partition coefficient (Wildman–Crippen LogP) is 0.348. The molecule has 0 saturated carbocycles. The molecule has 0 aliphatic heterocycles. The molecule has 1 aromatic rings. The fraction of sp³-hybridized carbons (Fsp3) is 0.455. The highest BCUT2D eigenvalue weighted by Crippen LogP contribution is 1.95. The zero-order valence-corrected chi connectivity index (χ0v) is 9.16. The summed E-state index contributed by atoms with van der Waals surface area (Å²) in [5, 5.41) is 5.74. The maximum Gasteiger partial charge on any atom is 0.236 e. The van der Waals surface area contributed by atoms with Crippen molar-refractivity contribution in [2.75, 3.05) is 13.6 Å². The number of hydrogen-bond donors (Lipinski definition) is 2. The molecule has 82 valence electrons. The minimum absolute atomic E-state index is 0.0291. The van der Waals surface area contributed by atoms with E-state index in [1.165, 1.54) is 0 Å². The van der Waals surface area contributed by atoms with E-state index in [9.17, 15) is 4.79 Å². The Morgan fingerprint density at radius 2 is 2.40 bits per heavy atom. The number of carbonyl (C=O) groups is 1. The zero-order valence-electron chi connectivity index (χ0n) is 9.16. The van der Waals surface area contributed by atoms with Gasteiger partial charge in [0.15, 0.2) is 0 Å². The lowest BCUT2D eigenvalue weighted by Crippen LogP contribution is -2.41. The summed E-state index contributed by atoms with van der Waals surface area (Å²) in [6.07, 6.45) is 4.37. The number of rotatable bonds is 5. The van der Waals surface area contributed by atoms with Gasteiger partial charge in [0.25, 0.3) is 0 Å². The molecule has 4 nitrogen and oxygen atoms in total. The van der Waals surface area contributed by atoms with Crippen molar-refractivity contribution in [1.29, 1.82) is 0 Å². The van der Waals surface area contributed by atoms with Crippen LogP contribution in [0.4, 0.5) is 0 Å². The fourth-order valence-corrected chi connectivity index (χ4v) is 1.16. The minimum Gasteiger partial charge on any atom is -0.354 e. The van der Waals surface area contributed by atoms with Gasteiger partial charge < -0.3 is 10.6 Å². The van der Waals surface area contributed by atoms with Crippen LogP contribution in [0.3, 0.4) is 0 Å². The average Bonchev–Trinajstić information content (AvgIpc) is 2.29. The average molecular weight is 207 g/mol. The quantitative estimate of drug-likeness (QED) is 0.732. The Morgan fingerprint density at radius 1 is 1.60 bits per heavy atom. The molecule has 4 heteroatoms. The molecule has 1 atom stereocenters. The van der Waals surface area contributed by atoms with Gasteiger partial charge in [0.2, 0.25) is 5.91 Å². The number of nitrogens with zero attached hydrogens (tertiary/aromatic N) is 1. The smallest absolute Gasteiger partial charge is 0.236 e. The lowest BCUT2D eigenvalue weighted by molar-refractivity contribution is -0.122. The molecule has 0 fully saturated rings. The molecule has 0 aliphatic rings. The van der Waals surface area contributed by atoms with Gasteiger partial charge in [-0.1, -0.05) is 6.07 Å². The van der Waals surface area contributed by atoms with E-state index in [2.05, 4.69) is 15.6 Å². The Balaban J connectivity index is 2.25. The van der Waals surface area contributed by atoms with Crippen molar-refractivity contribution < 1.29 is 4.79 Å². The standard InChI is InChI=1S/C11H17N3O/c1-9(12-2)11(15)14-7-5-10-4-3-6-13-8-10/h3-4,6,8-9,12H,5,7H2,1-2H3,(H,14,15). The van der Waals surface area contributed by atoms with Crippen LogP contribution in [-0.4, -0.2) is 30.5 Å². The number of amides is 1. The first kappa shape index (κ1) is 11.7. The van der Waals surface area contributed by atoms with Gasteiger partial charge in [0.05, 0.1) is 6.04 Å². The highest BCUT2D eigenvalue weighted by atomic mass is 16.2. The first-order valence-electron chi connectivity index (χ1n) is 5.08. The van der Waals surface area contributed by atoms with Gasteiger partial charge in [-0.2, -0.15) is 0 Å². The zero-order chi connectivity index (χ0) is 11.1. The summed E-state index contributed by atoms with van der Waals surface area (Å²) in [5.41, 5.74) is 1.13. The molecule has 1 rings (SSSR count). The Morgan fingerprint density at radius 3 is 3.00 bits per heavy atom. The van der Waals surface area contributed by atoms with E-state index in [-0.39, 0.29) is 11.9 Å². The van der Waals surface area contributed by atoms with Crippen LogP contribution in [-0.2, 0) is 11.2 Å². The second-order valence-corrected chi connectivity index (χ2v) is 3.41. The summed E-state index contributed by atoms with van der Waals surface area (Å²) in [7, 11) is 1.77. The Kier molecular flexibility index (Phi) is 4.77. The molecule has 1 unspecified atom stereocenters. The summed E-state index contributed by atoms with van der Waals surface area (Å²) in [6.45, 7) is 2.48. The number of pyridine rings is 1. The van der Waals surface area contributed by atoms with Crippen molar-refractivity contribution >= 4 is 5.91 Å². The van der Waals surface area contributed by atoms with Crippen LogP contribution in [0.5, 0.6) is 0 Å². The molecule has 15 heavy (non-hydrogen) atoms. The third kappa shape index (κ3) is 4.08. The van der Waals surface area contributed by atoms with Gasteiger partial charge in [-0.05, 0) is 32.0 Å². The molecule has 1 aromatic heterocycles. The van der Waals surface area contributed by atoms with Crippen LogP contribution in [0.15, 0.2) is 24.5 Å². The van der Waals surface area contributed by atoms with Gasteiger partial charge in [-0.25, -0.2) is 0 Å². The van der Waals surface area contributed by atoms with E-state index in [4.69, 9.17) is 0 Å². The van der Waals surface area contributed by atoms with Crippen LogP contribution < -0.4 is 10.6 Å². The van der Waals surface area contributed by atoms with Crippen molar-refractivity contribution in [3.63, 3.8) is 0 Å². The van der Waals surface area contributed by atoms with Crippen LogP contribution in [0.25, 0.3) is 0 Å². The van der Waals surface area contributed by atoms with Crippen LogP contribution in [0, 0.1) is 0 Å². The Bertz CT molecular complexity index is 300. The summed E-state index contributed by atoms with van der Waals surface area (Å²) < 4.78 is 0. The SMILES string of the molecule is CNC(C)C(=O)NCCc1cccnc1. The summed E-state index contributed by atoms with van der Waals surface area (Å²) in [4.78, 5) is 15.4. The molecule has 0 aliphatic carbocycles. The molecule has 0 radical (unpaired) electrons. The maximum atomic E-state index is 11.4. The second-order valence-electron chi connectivity index (χ2n) is 3.41. The molecule has 0 saturated heterocycles. The second kappa shape index (κ2) is 6.14. The first-order chi connectivity index (χ1) is 7.24. The van der Waals surface area contributed by atoms with Crippen molar-refractivity contribution in [2.24, 2.45) is 0 Å². The monoisotopic (exact) mass is 207 g/mol. The number of likely N-dealkylation sites (N-methyl/N-ethyl adjacent to an activating group) is 1. The fourth-order valence-electron chi connectivity index (χ4n) is 1.16. The summed E-state index contributed by atoms with van der Waals surface area (Å²) in [6, 6.07) is 3.76. The molecular formula is C11H17N3O. The van der Waals surface area contributed by atoms with Gasteiger partial charge in [0.1, 0.15) is 0 Å². The lowest BCUT2D eigenvalue weighted by atomic mass is 10.2. The van der Waals surface area contributed by atoms with Crippen molar-refractivity contribution in [3.8, 4) is 0 Å². The summed E-state index contributed by atoms with van der Waals surface area (Å²) in [5.74, 6) is 0.0291. The van der Waals surface area contributed by atoms with Crippen LogP contribution >= 0.6 is 0 Å². The maximum absolute atomic E-state index is 11.4. The van der Waals surface area contributed by atoms with Gasteiger partial charge in [-0.15, -0.1) is 0 Å². The van der Waals surface area contributed by atoms with E-state index in [1.54, 1.807) is 13.2 Å². The predicted molar refractivity (Wildman–Crippen MR) is 59.5 cm³/mol. The van der Waals surface area contributed by atoms with E-state index < -0.39 is 0 Å². The third-order valence-electron chi connectivity index (χ3n) is 2.26. The van der Waals surface area contributed by atoms with Crippen molar-refractivity contribution in [1.82, 2.24) is 15.6 Å². The van der Waals surface area contributed by atoms with E-state index in [1.807, 2.05) is 25.3 Å². The summed E-state index contributed by atoms with van der Waals surface area (Å²) >= 11 is 0.